The minimum Gasteiger partial charge on any atom is -0.492 e. The van der Waals surface area contributed by atoms with Gasteiger partial charge >= 0.3 is 35.8 Å². The molecular formula is C54H85N5O15. The lowest BCUT2D eigenvalue weighted by atomic mass is 9.87. The molecule has 0 saturated heterocycles. The zero-order chi connectivity index (χ0) is 56.0. The van der Waals surface area contributed by atoms with Crippen LogP contribution >= 0.6 is 0 Å². The monoisotopic (exact) mass is 1040 g/mol. The quantitative estimate of drug-likeness (QED) is 0.0795. The van der Waals surface area contributed by atoms with Gasteiger partial charge in [0.25, 0.3) is 0 Å². The molecule has 0 bridgehead atoms. The van der Waals surface area contributed by atoms with Crippen molar-refractivity contribution in [3.05, 3.63) is 42.0 Å². The van der Waals surface area contributed by atoms with E-state index < -0.39 is 93.7 Å². The van der Waals surface area contributed by atoms with E-state index in [0.717, 1.165) is 30.5 Å². The number of rotatable bonds is 23. The molecule has 1 amide bonds. The highest BCUT2D eigenvalue weighted by molar-refractivity contribution is 5.91. The lowest BCUT2D eigenvalue weighted by Crippen LogP contribution is -2.60. The predicted molar refractivity (Wildman–Crippen MR) is 276 cm³/mol. The largest absolute Gasteiger partial charge is 0.492 e. The Bertz CT molecular complexity index is 2130. The number of benzene rings is 1. The highest BCUT2D eigenvalue weighted by Gasteiger charge is 2.40. The summed E-state index contributed by atoms with van der Waals surface area (Å²) in [5, 5.41) is 22.3. The van der Waals surface area contributed by atoms with E-state index in [1.54, 1.807) is 138 Å². The standard InChI is InChI=1S/C54H85N5O15/c1-50(2,3)69-45(64)31-56(32-46(65)70-51(4,5)6)38(29-36-23-25-37(26-24-36)55-41(60)21-18-22-44(63)74-59-42(61)27-28-43(59)62)30-57(33-47(66)71-52(7,8)9)39-19-16-17-20-40(39)58(34-48(67)72-53(10,11)12)35-49(68)73-54(13,14)15/h23-28,38-40,61-62H,16-22,29-35H2,1-15H3,(H,55,60)/t38-,39+,40+/m1/s1. The normalized spacial score (nSPS) is 16.1. The van der Waals surface area contributed by atoms with Crippen LogP contribution in [0.25, 0.3) is 0 Å². The van der Waals surface area contributed by atoms with Crippen molar-refractivity contribution in [1.82, 2.24) is 19.4 Å². The summed E-state index contributed by atoms with van der Waals surface area (Å²) in [6, 6.07) is 7.63. The second kappa shape index (κ2) is 26.7. The molecule has 1 heterocycles. The van der Waals surface area contributed by atoms with E-state index in [-0.39, 0.29) is 70.9 Å². The number of nitrogens with zero attached hydrogens (tertiary/aromatic N) is 4. The summed E-state index contributed by atoms with van der Waals surface area (Å²) in [4.78, 5) is 105. The first-order valence-corrected chi connectivity index (χ1v) is 25.5. The molecule has 1 aromatic heterocycles. The van der Waals surface area contributed by atoms with Gasteiger partial charge in [0.2, 0.25) is 17.7 Å². The first-order chi connectivity index (χ1) is 33.9. The number of nitrogens with one attached hydrogen (secondary N) is 1. The zero-order valence-electron chi connectivity index (χ0n) is 46.6. The lowest BCUT2D eigenvalue weighted by Gasteiger charge is -2.46. The molecule has 3 N–H and O–H groups in total. The molecule has 1 saturated carbocycles. The van der Waals surface area contributed by atoms with Gasteiger partial charge in [0.1, 0.15) is 28.0 Å². The van der Waals surface area contributed by atoms with Gasteiger partial charge in [-0.1, -0.05) is 25.0 Å². The highest BCUT2D eigenvalue weighted by Crippen LogP contribution is 2.30. The van der Waals surface area contributed by atoms with Crippen molar-refractivity contribution in [2.45, 2.75) is 201 Å². The van der Waals surface area contributed by atoms with Crippen LogP contribution in [0.3, 0.4) is 0 Å². The van der Waals surface area contributed by atoms with Crippen molar-refractivity contribution in [3.63, 3.8) is 0 Å². The molecular weight excluding hydrogens is 959 g/mol. The van der Waals surface area contributed by atoms with Crippen molar-refractivity contribution in [3.8, 4) is 11.8 Å². The number of hydrogen-bond donors (Lipinski definition) is 3. The van der Waals surface area contributed by atoms with Crippen molar-refractivity contribution in [1.29, 1.82) is 0 Å². The van der Waals surface area contributed by atoms with Crippen LogP contribution in [0.15, 0.2) is 36.4 Å². The van der Waals surface area contributed by atoms with E-state index >= 15 is 0 Å². The van der Waals surface area contributed by atoms with E-state index in [1.807, 2.05) is 4.90 Å². The predicted octanol–water partition coefficient (Wildman–Crippen LogP) is 6.50. The van der Waals surface area contributed by atoms with Gasteiger partial charge in [-0.25, -0.2) is 4.79 Å². The Morgan fingerprint density at radius 1 is 0.541 bits per heavy atom. The van der Waals surface area contributed by atoms with Crippen molar-refractivity contribution >= 4 is 47.4 Å². The second-order valence-corrected chi connectivity index (χ2v) is 23.9. The maximum absolute atomic E-state index is 14.1. The van der Waals surface area contributed by atoms with Gasteiger partial charge in [0.05, 0.1) is 32.7 Å². The lowest BCUT2D eigenvalue weighted by molar-refractivity contribution is -0.164. The molecule has 1 aromatic carbocycles. The molecule has 3 atom stereocenters. The maximum atomic E-state index is 14.1. The molecule has 416 valence electrons. The SMILES string of the molecule is CC(C)(C)OC(=O)CN(CC(=O)OC(C)(C)C)[C@H](Cc1ccc(NC(=O)CCCC(=O)On2c(O)ccc2O)cc1)CN(CC(=O)OC(C)(C)C)[C@H]1CCCC[C@@H]1N(CC(=O)OC(C)(C)C)CC(=O)OC(C)(C)C. The van der Waals surface area contributed by atoms with E-state index in [1.165, 1.54) is 0 Å². The highest BCUT2D eigenvalue weighted by atomic mass is 16.7. The van der Waals surface area contributed by atoms with Crippen LogP contribution in [0.5, 0.6) is 11.8 Å². The topological polar surface area (TPSA) is 242 Å². The summed E-state index contributed by atoms with van der Waals surface area (Å²) >= 11 is 0. The van der Waals surface area contributed by atoms with Crippen LogP contribution in [-0.4, -0.2) is 157 Å². The summed E-state index contributed by atoms with van der Waals surface area (Å²) in [7, 11) is 0. The molecule has 1 aliphatic carbocycles. The first-order valence-electron chi connectivity index (χ1n) is 25.5. The van der Waals surface area contributed by atoms with Gasteiger partial charge < -0.3 is 44.1 Å². The number of ether oxygens (including phenoxy) is 5. The maximum Gasteiger partial charge on any atom is 0.333 e. The smallest absolute Gasteiger partial charge is 0.333 e. The number of anilines is 1. The molecule has 20 nitrogen and oxygen atoms in total. The zero-order valence-corrected chi connectivity index (χ0v) is 46.6. The minimum absolute atomic E-state index is 0.0462. The first kappa shape index (κ1) is 62.6. The number of hydrogen-bond acceptors (Lipinski definition) is 18. The molecule has 20 heteroatoms. The fourth-order valence-electron chi connectivity index (χ4n) is 8.40. The third-order valence-corrected chi connectivity index (χ3v) is 10.8. The molecule has 74 heavy (non-hydrogen) atoms. The van der Waals surface area contributed by atoms with Gasteiger partial charge in [0, 0.05) is 55.3 Å². The van der Waals surface area contributed by atoms with Crippen LogP contribution in [0.2, 0.25) is 0 Å². The Labute approximate surface area is 437 Å². The van der Waals surface area contributed by atoms with Crippen molar-refractivity contribution in [2.75, 3.05) is 44.6 Å². The third-order valence-electron chi connectivity index (χ3n) is 10.8. The van der Waals surface area contributed by atoms with Gasteiger partial charge in [-0.05, 0) is 147 Å². The number of carbonyl (C=O) groups is 7. The average molecular weight is 1040 g/mol. The average Bonchev–Trinajstić information content (AvgIpc) is 3.52. The molecule has 3 rings (SSSR count). The summed E-state index contributed by atoms with van der Waals surface area (Å²) in [6.07, 6.45) is 2.70. The minimum atomic E-state index is -0.867. The molecule has 0 radical (unpaired) electrons. The molecule has 1 fully saturated rings. The number of aromatic hydroxyl groups is 2. The van der Waals surface area contributed by atoms with Gasteiger partial charge in [-0.3, -0.25) is 43.5 Å². The summed E-state index contributed by atoms with van der Waals surface area (Å²) in [5.74, 6) is -4.91. The molecule has 0 spiro atoms. The molecule has 0 unspecified atom stereocenters. The van der Waals surface area contributed by atoms with E-state index in [2.05, 4.69) is 5.32 Å². The number of carbonyl (C=O) groups excluding carboxylic acids is 7. The van der Waals surface area contributed by atoms with E-state index in [9.17, 15) is 43.8 Å². The Kier molecular flexibility index (Phi) is 22.5. The van der Waals surface area contributed by atoms with Crippen LogP contribution < -0.4 is 10.2 Å². The summed E-state index contributed by atoms with van der Waals surface area (Å²) in [6.45, 7) is 25.0. The van der Waals surface area contributed by atoms with Gasteiger partial charge in [-0.2, -0.15) is 0 Å². The number of amides is 1. The van der Waals surface area contributed by atoms with Crippen molar-refractivity contribution in [2.24, 2.45) is 0 Å². The van der Waals surface area contributed by atoms with Crippen LogP contribution in [0.4, 0.5) is 5.69 Å². The third kappa shape index (κ3) is 24.5. The molecule has 0 aliphatic heterocycles. The number of esters is 5. The Morgan fingerprint density at radius 2 is 0.919 bits per heavy atom. The Hall–Kier alpha value is -5.73. The van der Waals surface area contributed by atoms with Crippen LogP contribution in [0, 0.1) is 0 Å². The van der Waals surface area contributed by atoms with E-state index in [4.69, 9.17) is 28.5 Å². The number of aromatic nitrogens is 1. The Balaban J connectivity index is 2.11. The van der Waals surface area contributed by atoms with E-state index in [0.29, 0.717) is 23.3 Å². The fraction of sp³-hybridized carbons (Fsp3) is 0.685. The van der Waals surface area contributed by atoms with Crippen LogP contribution in [0.1, 0.15) is 154 Å². The summed E-state index contributed by atoms with van der Waals surface area (Å²) < 4.78 is 29.7. The van der Waals surface area contributed by atoms with Crippen LogP contribution in [-0.2, 0) is 63.7 Å². The van der Waals surface area contributed by atoms with Gasteiger partial charge in [-0.15, -0.1) is 4.73 Å². The van der Waals surface area contributed by atoms with Crippen molar-refractivity contribution < 1.29 is 72.3 Å². The molecule has 1 aliphatic rings. The molecule has 2 aromatic rings. The van der Waals surface area contributed by atoms with Gasteiger partial charge in [0.15, 0.2) is 0 Å². The second-order valence-electron chi connectivity index (χ2n) is 23.9. The summed E-state index contributed by atoms with van der Waals surface area (Å²) in [5.41, 5.74) is -3.03. The fourth-order valence-corrected chi connectivity index (χ4v) is 8.40. The Morgan fingerprint density at radius 3 is 1.32 bits per heavy atom.